The average molecular weight is 200 g/mol. The highest BCUT2D eigenvalue weighted by atomic mass is 35.5. The molecule has 0 aromatic carbocycles. The van der Waals surface area contributed by atoms with E-state index >= 15 is 0 Å². The number of rotatable bonds is 1. The summed E-state index contributed by atoms with van der Waals surface area (Å²) in [6.45, 7) is 2.13. The molecule has 1 unspecified atom stereocenters. The van der Waals surface area contributed by atoms with Crippen molar-refractivity contribution in [3.05, 3.63) is 23.9 Å². The van der Waals surface area contributed by atoms with Gasteiger partial charge in [0.15, 0.2) is 0 Å². The number of nitrogen functional groups attached to an aromatic ring is 1. The maximum atomic E-state index is 5.76. The Morgan fingerprint density at radius 1 is 1.54 bits per heavy atom. The summed E-state index contributed by atoms with van der Waals surface area (Å²) >= 11 is 0. The second-order valence-corrected chi connectivity index (χ2v) is 3.17. The second kappa shape index (κ2) is 4.44. The number of nitrogens with two attached hydrogens (primary N) is 1. The number of aromatic nitrogens is 1. The van der Waals surface area contributed by atoms with Crippen molar-refractivity contribution in [2.75, 3.05) is 18.8 Å². The van der Waals surface area contributed by atoms with Crippen LogP contribution in [0.1, 0.15) is 17.9 Å². The molecule has 0 amide bonds. The summed E-state index contributed by atoms with van der Waals surface area (Å²) in [6, 6.07) is 4.02. The third-order valence-corrected chi connectivity index (χ3v) is 2.37. The Morgan fingerprint density at radius 3 is 3.00 bits per heavy atom. The lowest BCUT2D eigenvalue weighted by Gasteiger charge is -2.09. The predicted molar refractivity (Wildman–Crippen MR) is 56.1 cm³/mol. The molecule has 1 aliphatic heterocycles. The van der Waals surface area contributed by atoms with E-state index < -0.39 is 0 Å². The summed E-state index contributed by atoms with van der Waals surface area (Å²) in [4.78, 5) is 4.07. The molecule has 2 rings (SSSR count). The van der Waals surface area contributed by atoms with Gasteiger partial charge in [-0.3, -0.25) is 0 Å². The molecule has 1 saturated heterocycles. The minimum absolute atomic E-state index is 0. The van der Waals surface area contributed by atoms with E-state index in [1.807, 2.05) is 6.07 Å². The summed E-state index contributed by atoms with van der Waals surface area (Å²) in [7, 11) is 0. The van der Waals surface area contributed by atoms with E-state index in [-0.39, 0.29) is 12.4 Å². The number of halogens is 1. The first-order valence-corrected chi connectivity index (χ1v) is 4.29. The Hall–Kier alpha value is -0.800. The maximum absolute atomic E-state index is 5.76. The van der Waals surface area contributed by atoms with Gasteiger partial charge in [-0.25, -0.2) is 4.98 Å². The van der Waals surface area contributed by atoms with Gasteiger partial charge in [0.2, 0.25) is 0 Å². The van der Waals surface area contributed by atoms with Crippen molar-refractivity contribution in [3.8, 4) is 0 Å². The first kappa shape index (κ1) is 10.3. The van der Waals surface area contributed by atoms with E-state index in [0.29, 0.717) is 11.7 Å². The standard InChI is InChI=1S/C9H13N3.ClH/c10-9-8(2-1-4-12-9)7-3-5-11-6-7;/h1-2,4,7,11H,3,5-6H2,(H2,10,12);1H. The van der Waals surface area contributed by atoms with Crippen molar-refractivity contribution in [1.82, 2.24) is 10.3 Å². The Bertz CT molecular complexity index is 271. The van der Waals surface area contributed by atoms with Crippen LogP contribution in [0.3, 0.4) is 0 Å². The van der Waals surface area contributed by atoms with Crippen LogP contribution in [0.25, 0.3) is 0 Å². The van der Waals surface area contributed by atoms with Crippen LogP contribution in [0.5, 0.6) is 0 Å². The molecule has 72 valence electrons. The summed E-state index contributed by atoms with van der Waals surface area (Å²) in [6.07, 6.45) is 2.91. The molecule has 2 heterocycles. The zero-order chi connectivity index (χ0) is 8.39. The summed E-state index contributed by atoms with van der Waals surface area (Å²) in [5.41, 5.74) is 6.96. The highest BCUT2D eigenvalue weighted by Crippen LogP contribution is 2.25. The molecule has 13 heavy (non-hydrogen) atoms. The molecule has 1 fully saturated rings. The van der Waals surface area contributed by atoms with Gasteiger partial charge in [0.1, 0.15) is 5.82 Å². The van der Waals surface area contributed by atoms with Crippen molar-refractivity contribution in [3.63, 3.8) is 0 Å². The van der Waals surface area contributed by atoms with Crippen LogP contribution in [-0.4, -0.2) is 18.1 Å². The molecular weight excluding hydrogens is 186 g/mol. The fraction of sp³-hybridized carbons (Fsp3) is 0.444. The van der Waals surface area contributed by atoms with Crippen LogP contribution in [-0.2, 0) is 0 Å². The lowest BCUT2D eigenvalue weighted by molar-refractivity contribution is 0.762. The van der Waals surface area contributed by atoms with Crippen molar-refractivity contribution in [2.24, 2.45) is 0 Å². The van der Waals surface area contributed by atoms with Crippen LogP contribution in [0.2, 0.25) is 0 Å². The highest BCUT2D eigenvalue weighted by Gasteiger charge is 2.18. The van der Waals surface area contributed by atoms with Gasteiger partial charge in [0.05, 0.1) is 0 Å². The monoisotopic (exact) mass is 199 g/mol. The van der Waals surface area contributed by atoms with Crippen molar-refractivity contribution in [2.45, 2.75) is 12.3 Å². The van der Waals surface area contributed by atoms with Crippen LogP contribution in [0.4, 0.5) is 5.82 Å². The quantitative estimate of drug-likeness (QED) is 0.714. The molecule has 0 saturated carbocycles. The zero-order valence-corrected chi connectivity index (χ0v) is 8.18. The van der Waals surface area contributed by atoms with Gasteiger partial charge < -0.3 is 11.1 Å². The number of hydrogen-bond donors (Lipinski definition) is 2. The minimum atomic E-state index is 0. The molecular formula is C9H14ClN3. The van der Waals surface area contributed by atoms with Crippen molar-refractivity contribution < 1.29 is 0 Å². The molecule has 1 aromatic heterocycles. The second-order valence-electron chi connectivity index (χ2n) is 3.17. The number of nitrogens with zero attached hydrogens (tertiary/aromatic N) is 1. The lowest BCUT2D eigenvalue weighted by atomic mass is 9.99. The van der Waals surface area contributed by atoms with E-state index in [1.165, 1.54) is 12.0 Å². The van der Waals surface area contributed by atoms with E-state index in [2.05, 4.69) is 16.4 Å². The normalized spacial score (nSPS) is 21.1. The van der Waals surface area contributed by atoms with E-state index in [4.69, 9.17) is 5.73 Å². The number of hydrogen-bond acceptors (Lipinski definition) is 3. The van der Waals surface area contributed by atoms with Gasteiger partial charge in [0, 0.05) is 18.7 Å². The van der Waals surface area contributed by atoms with Gasteiger partial charge >= 0.3 is 0 Å². The zero-order valence-electron chi connectivity index (χ0n) is 7.36. The van der Waals surface area contributed by atoms with Gasteiger partial charge in [-0.2, -0.15) is 0 Å². The molecule has 1 aliphatic rings. The molecule has 3 nitrogen and oxygen atoms in total. The summed E-state index contributed by atoms with van der Waals surface area (Å²) in [5, 5.41) is 3.31. The summed E-state index contributed by atoms with van der Waals surface area (Å²) in [5.74, 6) is 1.25. The average Bonchev–Trinajstić information content (AvgIpc) is 2.57. The van der Waals surface area contributed by atoms with Crippen molar-refractivity contribution in [1.29, 1.82) is 0 Å². The molecule has 1 atom stereocenters. The first-order valence-electron chi connectivity index (χ1n) is 4.29. The smallest absolute Gasteiger partial charge is 0.126 e. The van der Waals surface area contributed by atoms with Crippen LogP contribution >= 0.6 is 12.4 Å². The Labute approximate surface area is 84.1 Å². The van der Waals surface area contributed by atoms with Gasteiger partial charge in [-0.1, -0.05) is 6.07 Å². The maximum Gasteiger partial charge on any atom is 0.126 e. The van der Waals surface area contributed by atoms with Crippen LogP contribution in [0, 0.1) is 0 Å². The number of anilines is 1. The fourth-order valence-electron chi connectivity index (χ4n) is 1.70. The molecule has 0 aliphatic carbocycles. The largest absolute Gasteiger partial charge is 0.383 e. The lowest BCUT2D eigenvalue weighted by Crippen LogP contribution is -2.09. The predicted octanol–water partition coefficient (Wildman–Crippen LogP) is 1.16. The third kappa shape index (κ3) is 2.11. The van der Waals surface area contributed by atoms with E-state index in [0.717, 1.165) is 13.1 Å². The molecule has 4 heteroatoms. The Balaban J connectivity index is 0.000000845. The van der Waals surface area contributed by atoms with Gasteiger partial charge in [-0.05, 0) is 24.6 Å². The van der Waals surface area contributed by atoms with Crippen LogP contribution < -0.4 is 11.1 Å². The molecule has 0 bridgehead atoms. The van der Waals surface area contributed by atoms with E-state index in [9.17, 15) is 0 Å². The van der Waals surface area contributed by atoms with E-state index in [1.54, 1.807) is 6.20 Å². The SMILES string of the molecule is Cl.Nc1ncccc1C1CCNC1. The fourth-order valence-corrected chi connectivity index (χ4v) is 1.70. The number of nitrogens with one attached hydrogen (secondary N) is 1. The summed E-state index contributed by atoms with van der Waals surface area (Å²) < 4.78 is 0. The Morgan fingerprint density at radius 2 is 2.38 bits per heavy atom. The van der Waals surface area contributed by atoms with Crippen molar-refractivity contribution >= 4 is 18.2 Å². The molecule has 3 N–H and O–H groups in total. The topological polar surface area (TPSA) is 50.9 Å². The van der Waals surface area contributed by atoms with Crippen LogP contribution in [0.15, 0.2) is 18.3 Å². The third-order valence-electron chi connectivity index (χ3n) is 2.37. The van der Waals surface area contributed by atoms with Gasteiger partial charge in [-0.15, -0.1) is 12.4 Å². The Kier molecular flexibility index (Phi) is 3.51. The van der Waals surface area contributed by atoms with Gasteiger partial charge in [0.25, 0.3) is 0 Å². The number of pyridine rings is 1. The highest BCUT2D eigenvalue weighted by molar-refractivity contribution is 5.85. The molecule has 0 radical (unpaired) electrons. The molecule has 1 aromatic rings. The minimum Gasteiger partial charge on any atom is -0.383 e. The molecule has 0 spiro atoms. The first-order chi connectivity index (χ1) is 5.88.